The van der Waals surface area contributed by atoms with Crippen LogP contribution >= 0.6 is 0 Å². The number of nitrogens with zero attached hydrogens (tertiary/aromatic N) is 6. The van der Waals surface area contributed by atoms with Crippen molar-refractivity contribution in [3.63, 3.8) is 0 Å². The van der Waals surface area contributed by atoms with Gasteiger partial charge in [0.15, 0.2) is 11.8 Å². The van der Waals surface area contributed by atoms with Crippen molar-refractivity contribution in [2.24, 2.45) is 12.0 Å². The van der Waals surface area contributed by atoms with E-state index in [1.165, 1.54) is 0 Å². The zero-order chi connectivity index (χ0) is 16.2. The Morgan fingerprint density at radius 1 is 1.52 bits per heavy atom. The van der Waals surface area contributed by atoms with Crippen molar-refractivity contribution in [2.45, 2.75) is 19.6 Å². The van der Waals surface area contributed by atoms with Gasteiger partial charge in [0.2, 0.25) is 5.89 Å². The summed E-state index contributed by atoms with van der Waals surface area (Å²) in [7, 11) is 3.66. The highest BCUT2D eigenvalue weighted by Gasteiger charge is 2.25. The Kier molecular flexibility index (Phi) is 4.56. The first-order valence-electron chi connectivity index (χ1n) is 7.50. The van der Waals surface area contributed by atoms with Gasteiger partial charge in [-0.15, -0.1) is 0 Å². The minimum atomic E-state index is -0.0107. The van der Waals surface area contributed by atoms with Crippen LogP contribution in [0.2, 0.25) is 0 Å². The first kappa shape index (κ1) is 15.5. The zero-order valence-electron chi connectivity index (χ0n) is 13.6. The second kappa shape index (κ2) is 6.78. The van der Waals surface area contributed by atoms with E-state index in [1.807, 2.05) is 19.4 Å². The standard InChI is InChI=1S/C14H21N7O2/c1-10-18-13(19-23-10)7-16-14(15-2)21-4-5-22-12(9-21)11-6-17-20(3)8-11/h6,8,12H,4-5,7,9H2,1-3H3,(H,15,16). The molecule has 0 bridgehead atoms. The van der Waals surface area contributed by atoms with Gasteiger partial charge in [-0.1, -0.05) is 5.16 Å². The van der Waals surface area contributed by atoms with E-state index < -0.39 is 0 Å². The van der Waals surface area contributed by atoms with Crippen molar-refractivity contribution in [1.29, 1.82) is 0 Å². The van der Waals surface area contributed by atoms with Crippen LogP contribution in [0.4, 0.5) is 0 Å². The van der Waals surface area contributed by atoms with Crippen LogP contribution in [0.25, 0.3) is 0 Å². The van der Waals surface area contributed by atoms with Gasteiger partial charge in [0.1, 0.15) is 6.10 Å². The maximum atomic E-state index is 5.85. The molecule has 3 heterocycles. The van der Waals surface area contributed by atoms with E-state index in [2.05, 4.69) is 30.4 Å². The Balaban J connectivity index is 1.61. The van der Waals surface area contributed by atoms with Crippen LogP contribution in [0.1, 0.15) is 23.4 Å². The molecule has 0 spiro atoms. The molecule has 0 amide bonds. The highest BCUT2D eigenvalue weighted by atomic mass is 16.5. The number of nitrogens with one attached hydrogen (secondary N) is 1. The topological polar surface area (TPSA) is 93.6 Å². The number of aryl methyl sites for hydroxylation is 2. The molecule has 23 heavy (non-hydrogen) atoms. The predicted molar refractivity (Wildman–Crippen MR) is 82.7 cm³/mol. The molecule has 9 nitrogen and oxygen atoms in total. The van der Waals surface area contributed by atoms with Gasteiger partial charge in [0.25, 0.3) is 0 Å². The Morgan fingerprint density at radius 2 is 2.39 bits per heavy atom. The van der Waals surface area contributed by atoms with Crippen LogP contribution in [0.5, 0.6) is 0 Å². The van der Waals surface area contributed by atoms with E-state index in [0.29, 0.717) is 24.9 Å². The van der Waals surface area contributed by atoms with Crippen LogP contribution in [0.3, 0.4) is 0 Å². The lowest BCUT2D eigenvalue weighted by Gasteiger charge is -2.34. The quantitative estimate of drug-likeness (QED) is 0.640. The summed E-state index contributed by atoms with van der Waals surface area (Å²) in [5.41, 5.74) is 1.07. The molecule has 1 unspecified atom stereocenters. The maximum absolute atomic E-state index is 5.85. The number of guanidine groups is 1. The molecule has 3 rings (SSSR count). The fourth-order valence-corrected chi connectivity index (χ4v) is 2.55. The van der Waals surface area contributed by atoms with Gasteiger partial charge < -0.3 is 19.5 Å². The number of rotatable bonds is 3. The average molecular weight is 319 g/mol. The highest BCUT2D eigenvalue weighted by molar-refractivity contribution is 5.79. The molecule has 1 aliphatic heterocycles. The van der Waals surface area contributed by atoms with E-state index in [0.717, 1.165) is 24.6 Å². The SMILES string of the molecule is CN=C(NCc1noc(C)n1)N1CCOC(c2cnn(C)c2)C1. The number of hydrogen-bond donors (Lipinski definition) is 1. The van der Waals surface area contributed by atoms with Crippen LogP contribution < -0.4 is 5.32 Å². The van der Waals surface area contributed by atoms with Gasteiger partial charge in [0.05, 0.1) is 25.9 Å². The van der Waals surface area contributed by atoms with Gasteiger partial charge in [-0.05, 0) is 0 Å². The van der Waals surface area contributed by atoms with Gasteiger partial charge in [-0.2, -0.15) is 10.1 Å². The van der Waals surface area contributed by atoms with E-state index in [-0.39, 0.29) is 6.10 Å². The summed E-state index contributed by atoms with van der Waals surface area (Å²) in [6, 6.07) is 0. The molecule has 0 aliphatic carbocycles. The third-order valence-corrected chi connectivity index (χ3v) is 3.65. The summed E-state index contributed by atoms with van der Waals surface area (Å²) in [6.45, 7) is 4.38. The average Bonchev–Trinajstić information content (AvgIpc) is 3.17. The molecule has 2 aromatic rings. The van der Waals surface area contributed by atoms with Gasteiger partial charge in [-0.3, -0.25) is 9.67 Å². The second-order valence-electron chi connectivity index (χ2n) is 5.38. The van der Waals surface area contributed by atoms with Crippen molar-refractivity contribution in [1.82, 2.24) is 30.1 Å². The van der Waals surface area contributed by atoms with Crippen LogP contribution in [-0.4, -0.2) is 57.5 Å². The van der Waals surface area contributed by atoms with Crippen LogP contribution in [0, 0.1) is 6.92 Å². The van der Waals surface area contributed by atoms with Crippen LogP contribution in [-0.2, 0) is 18.3 Å². The zero-order valence-corrected chi connectivity index (χ0v) is 13.6. The van der Waals surface area contributed by atoms with E-state index >= 15 is 0 Å². The largest absolute Gasteiger partial charge is 0.370 e. The van der Waals surface area contributed by atoms with Crippen molar-refractivity contribution >= 4 is 5.96 Å². The minimum Gasteiger partial charge on any atom is -0.370 e. The maximum Gasteiger partial charge on any atom is 0.223 e. The van der Waals surface area contributed by atoms with E-state index in [1.54, 1.807) is 18.7 Å². The molecule has 1 saturated heterocycles. The van der Waals surface area contributed by atoms with Gasteiger partial charge in [-0.25, -0.2) is 0 Å². The Morgan fingerprint density at radius 3 is 3.04 bits per heavy atom. The second-order valence-corrected chi connectivity index (χ2v) is 5.38. The number of hydrogen-bond acceptors (Lipinski definition) is 6. The lowest BCUT2D eigenvalue weighted by atomic mass is 10.1. The highest BCUT2D eigenvalue weighted by Crippen LogP contribution is 2.21. The number of aliphatic imine (C=N–C) groups is 1. The van der Waals surface area contributed by atoms with Crippen molar-refractivity contribution in [2.75, 3.05) is 26.7 Å². The molecular formula is C14H21N7O2. The van der Waals surface area contributed by atoms with E-state index in [4.69, 9.17) is 9.26 Å². The molecule has 1 fully saturated rings. The van der Waals surface area contributed by atoms with Gasteiger partial charge >= 0.3 is 0 Å². The summed E-state index contributed by atoms with van der Waals surface area (Å²) in [5, 5.41) is 11.3. The number of morpholine rings is 1. The third-order valence-electron chi connectivity index (χ3n) is 3.65. The van der Waals surface area contributed by atoms with Crippen LogP contribution in [0.15, 0.2) is 21.9 Å². The monoisotopic (exact) mass is 319 g/mol. The normalized spacial score (nSPS) is 19.2. The summed E-state index contributed by atoms with van der Waals surface area (Å²) in [4.78, 5) is 10.7. The van der Waals surface area contributed by atoms with Gasteiger partial charge in [0, 0.05) is 39.3 Å². The van der Waals surface area contributed by atoms with Crippen molar-refractivity contribution in [3.8, 4) is 0 Å². The number of aromatic nitrogens is 4. The molecule has 0 saturated carbocycles. The minimum absolute atomic E-state index is 0.0107. The fraction of sp³-hybridized carbons (Fsp3) is 0.571. The summed E-state index contributed by atoms with van der Waals surface area (Å²) < 4.78 is 12.6. The summed E-state index contributed by atoms with van der Waals surface area (Å²) >= 11 is 0. The fourth-order valence-electron chi connectivity index (χ4n) is 2.55. The predicted octanol–water partition coefficient (Wildman–Crippen LogP) is 0.260. The van der Waals surface area contributed by atoms with E-state index in [9.17, 15) is 0 Å². The molecule has 0 aromatic carbocycles. The summed E-state index contributed by atoms with van der Waals surface area (Å²) in [6.07, 6.45) is 3.81. The molecule has 2 aromatic heterocycles. The Labute approximate surface area is 134 Å². The first-order valence-corrected chi connectivity index (χ1v) is 7.50. The van der Waals surface area contributed by atoms with Crippen molar-refractivity contribution in [3.05, 3.63) is 29.7 Å². The molecule has 0 radical (unpaired) electrons. The Hall–Kier alpha value is -2.42. The van der Waals surface area contributed by atoms with Crippen molar-refractivity contribution < 1.29 is 9.26 Å². The smallest absolute Gasteiger partial charge is 0.223 e. The first-order chi connectivity index (χ1) is 11.2. The Bertz CT molecular complexity index is 678. The molecule has 1 atom stereocenters. The summed E-state index contributed by atoms with van der Waals surface area (Å²) in [5.74, 6) is 1.96. The lowest BCUT2D eigenvalue weighted by Crippen LogP contribution is -2.48. The number of ether oxygens (including phenoxy) is 1. The molecule has 1 N–H and O–H groups in total. The molecule has 9 heteroatoms. The molecule has 1 aliphatic rings. The molecular weight excluding hydrogens is 298 g/mol. The molecule has 124 valence electrons. The lowest BCUT2D eigenvalue weighted by molar-refractivity contribution is -0.00806. The third kappa shape index (κ3) is 3.67.